The summed E-state index contributed by atoms with van der Waals surface area (Å²) < 4.78 is 5.24. The molecule has 5 heteroatoms. The zero-order valence-electron chi connectivity index (χ0n) is 18.3. The Balaban J connectivity index is 0.00000729. The van der Waals surface area contributed by atoms with Crippen LogP contribution in [-0.4, -0.2) is 18.5 Å². The summed E-state index contributed by atoms with van der Waals surface area (Å²) in [5.41, 5.74) is 0. The van der Waals surface area contributed by atoms with E-state index in [4.69, 9.17) is 4.74 Å². The molecule has 0 amide bonds. The predicted octanol–water partition coefficient (Wildman–Crippen LogP) is 1.96. The minimum absolute atomic E-state index is 0. The zero-order valence-corrected chi connectivity index (χ0v) is 20.3. The number of aliphatic carboxylic acids is 1. The van der Waals surface area contributed by atoms with Crippen LogP contribution in [0.15, 0.2) is 12.2 Å². The molecule has 1 rings (SSSR count). The van der Waals surface area contributed by atoms with Crippen molar-refractivity contribution in [3.63, 3.8) is 0 Å². The van der Waals surface area contributed by atoms with Crippen molar-refractivity contribution >= 4 is 11.9 Å². The summed E-state index contributed by atoms with van der Waals surface area (Å²) >= 11 is 0. The van der Waals surface area contributed by atoms with Crippen molar-refractivity contribution in [2.45, 2.75) is 103 Å². The molecule has 0 aromatic rings. The van der Waals surface area contributed by atoms with E-state index in [1.165, 1.54) is 64.2 Å². The Bertz CT molecular complexity index is 436. The van der Waals surface area contributed by atoms with Crippen LogP contribution in [0.2, 0.25) is 0 Å². The SMILES string of the molecule is CCCCCCCCCCCC/C=C/COC(=O)C1CCCCC1C(=O)[O-].[Na+]. The monoisotopic (exact) mass is 402 g/mol. The van der Waals surface area contributed by atoms with Crippen LogP contribution in [0.3, 0.4) is 0 Å². The van der Waals surface area contributed by atoms with Crippen LogP contribution in [0.4, 0.5) is 0 Å². The van der Waals surface area contributed by atoms with E-state index >= 15 is 0 Å². The van der Waals surface area contributed by atoms with E-state index in [9.17, 15) is 14.7 Å². The summed E-state index contributed by atoms with van der Waals surface area (Å²) in [7, 11) is 0. The minimum atomic E-state index is -1.12. The molecule has 1 fully saturated rings. The van der Waals surface area contributed by atoms with Gasteiger partial charge in [-0.15, -0.1) is 0 Å². The smallest absolute Gasteiger partial charge is 0.550 e. The Hall–Kier alpha value is -0.320. The number of rotatable bonds is 15. The number of carbonyl (C=O) groups is 2. The number of unbranched alkanes of at least 4 members (excludes halogenated alkanes) is 10. The van der Waals surface area contributed by atoms with Crippen LogP contribution in [-0.2, 0) is 14.3 Å². The van der Waals surface area contributed by atoms with Crippen molar-refractivity contribution in [3.05, 3.63) is 12.2 Å². The number of ether oxygens (including phenoxy) is 1. The summed E-state index contributed by atoms with van der Waals surface area (Å²) in [4.78, 5) is 23.2. The molecule has 0 bridgehead atoms. The Morgan fingerprint density at radius 1 is 0.857 bits per heavy atom. The summed E-state index contributed by atoms with van der Waals surface area (Å²) in [6.45, 7) is 2.49. The predicted molar refractivity (Wildman–Crippen MR) is 107 cm³/mol. The fourth-order valence-corrected chi connectivity index (χ4v) is 3.87. The fraction of sp³-hybridized carbons (Fsp3) is 0.826. The van der Waals surface area contributed by atoms with Gasteiger partial charge in [0.05, 0.1) is 5.92 Å². The van der Waals surface area contributed by atoms with Crippen molar-refractivity contribution in [2.75, 3.05) is 6.61 Å². The van der Waals surface area contributed by atoms with Gasteiger partial charge in [-0.1, -0.05) is 89.7 Å². The molecule has 0 saturated heterocycles. The summed E-state index contributed by atoms with van der Waals surface area (Å²) in [5, 5.41) is 11.1. The van der Waals surface area contributed by atoms with Crippen LogP contribution in [0.1, 0.15) is 103 Å². The quantitative estimate of drug-likeness (QED) is 0.182. The van der Waals surface area contributed by atoms with Gasteiger partial charge in [0.25, 0.3) is 0 Å². The van der Waals surface area contributed by atoms with Crippen LogP contribution in [0.5, 0.6) is 0 Å². The molecular formula is C23H39NaO4. The molecular weight excluding hydrogens is 363 g/mol. The van der Waals surface area contributed by atoms with E-state index in [1.807, 2.05) is 6.08 Å². The van der Waals surface area contributed by atoms with E-state index in [-0.39, 0.29) is 42.1 Å². The number of hydrogen-bond acceptors (Lipinski definition) is 4. The van der Waals surface area contributed by atoms with Gasteiger partial charge in [-0.05, 0) is 25.7 Å². The Morgan fingerprint density at radius 2 is 1.39 bits per heavy atom. The van der Waals surface area contributed by atoms with Crippen molar-refractivity contribution in [2.24, 2.45) is 11.8 Å². The van der Waals surface area contributed by atoms with Gasteiger partial charge in [-0.25, -0.2) is 0 Å². The number of carbonyl (C=O) groups excluding carboxylic acids is 2. The van der Waals surface area contributed by atoms with Crippen molar-refractivity contribution < 1.29 is 49.0 Å². The summed E-state index contributed by atoms with van der Waals surface area (Å²) in [6, 6.07) is 0. The second-order valence-electron chi connectivity index (χ2n) is 7.89. The van der Waals surface area contributed by atoms with Crippen molar-refractivity contribution in [1.29, 1.82) is 0 Å². The standard InChI is InChI=1S/C23H40O4.Na/c1-2-3-4-5-6-7-8-9-10-11-12-13-16-19-27-23(26)21-18-15-14-17-20(21)22(24)25;/h13,16,20-21H,2-12,14-15,17-19H2,1H3,(H,24,25);/q;+1/p-1/b16-13+;. The van der Waals surface area contributed by atoms with Crippen LogP contribution in [0.25, 0.3) is 0 Å². The van der Waals surface area contributed by atoms with Gasteiger partial charge in [0.15, 0.2) is 0 Å². The fourth-order valence-electron chi connectivity index (χ4n) is 3.87. The van der Waals surface area contributed by atoms with Gasteiger partial charge in [0.2, 0.25) is 0 Å². The number of carboxylic acid groups (broad SMARTS) is 1. The third kappa shape index (κ3) is 13.0. The molecule has 0 heterocycles. The third-order valence-electron chi connectivity index (χ3n) is 5.58. The molecule has 0 N–H and O–H groups in total. The molecule has 0 radical (unpaired) electrons. The average molecular weight is 403 g/mol. The van der Waals surface area contributed by atoms with Crippen LogP contribution < -0.4 is 34.7 Å². The first-order valence-corrected chi connectivity index (χ1v) is 11.2. The van der Waals surface area contributed by atoms with Crippen molar-refractivity contribution in [1.82, 2.24) is 0 Å². The molecule has 2 atom stereocenters. The van der Waals surface area contributed by atoms with Gasteiger partial charge >= 0.3 is 35.5 Å². The maximum Gasteiger partial charge on any atom is 1.00 e. The molecule has 0 spiro atoms. The Kier molecular flexibility index (Phi) is 18.5. The van der Waals surface area contributed by atoms with Gasteiger partial charge in [-0.3, -0.25) is 4.79 Å². The summed E-state index contributed by atoms with van der Waals surface area (Å²) in [6.07, 6.45) is 21.1. The largest absolute Gasteiger partial charge is 1.00 e. The normalized spacial score (nSPS) is 19.3. The molecule has 0 aromatic carbocycles. The topological polar surface area (TPSA) is 66.4 Å². The number of carboxylic acids is 1. The maximum atomic E-state index is 12.1. The second-order valence-corrected chi connectivity index (χ2v) is 7.89. The first kappa shape index (κ1) is 27.7. The van der Waals surface area contributed by atoms with E-state index in [2.05, 4.69) is 13.0 Å². The first-order chi connectivity index (χ1) is 13.2. The van der Waals surface area contributed by atoms with E-state index in [0.717, 1.165) is 19.3 Å². The van der Waals surface area contributed by atoms with Crippen molar-refractivity contribution in [3.8, 4) is 0 Å². The Morgan fingerprint density at radius 3 is 1.96 bits per heavy atom. The molecule has 1 aliphatic carbocycles. The first-order valence-electron chi connectivity index (χ1n) is 11.2. The molecule has 28 heavy (non-hydrogen) atoms. The molecule has 156 valence electrons. The minimum Gasteiger partial charge on any atom is -0.550 e. The molecule has 0 aromatic heterocycles. The van der Waals surface area contributed by atoms with E-state index in [1.54, 1.807) is 0 Å². The second kappa shape index (κ2) is 18.7. The van der Waals surface area contributed by atoms with Gasteiger partial charge in [0.1, 0.15) is 6.61 Å². The third-order valence-corrected chi connectivity index (χ3v) is 5.58. The zero-order chi connectivity index (χ0) is 19.7. The van der Waals surface area contributed by atoms with Gasteiger partial charge in [-0.2, -0.15) is 0 Å². The van der Waals surface area contributed by atoms with Crippen LogP contribution >= 0.6 is 0 Å². The average Bonchev–Trinajstić information content (AvgIpc) is 2.68. The van der Waals surface area contributed by atoms with Crippen LogP contribution in [0, 0.1) is 11.8 Å². The molecule has 1 aliphatic rings. The molecule has 2 unspecified atom stereocenters. The summed E-state index contributed by atoms with van der Waals surface area (Å²) in [5.74, 6) is -2.71. The Labute approximate surface area is 194 Å². The number of hydrogen-bond donors (Lipinski definition) is 0. The maximum absolute atomic E-state index is 12.1. The number of esters is 1. The van der Waals surface area contributed by atoms with E-state index < -0.39 is 17.8 Å². The van der Waals surface area contributed by atoms with Gasteiger partial charge < -0.3 is 14.6 Å². The van der Waals surface area contributed by atoms with Gasteiger partial charge in [0, 0.05) is 11.9 Å². The van der Waals surface area contributed by atoms with E-state index in [0.29, 0.717) is 12.8 Å². The molecule has 4 nitrogen and oxygen atoms in total. The molecule has 0 aliphatic heterocycles. The number of allylic oxidation sites excluding steroid dienone is 1. The molecule has 1 saturated carbocycles.